The number of halogens is 1. The van der Waals surface area contributed by atoms with Gasteiger partial charge in [0.05, 0.1) is 19.6 Å². The number of benzene rings is 1. The maximum atomic E-state index is 12.4. The SMILES string of the molecule is O=C(CN1CCn2ncnc2C1)NCC1(c2cccc(Cl)c2)CCC1. The molecule has 0 bridgehead atoms. The van der Waals surface area contributed by atoms with Crippen molar-refractivity contribution in [2.75, 3.05) is 19.6 Å². The summed E-state index contributed by atoms with van der Waals surface area (Å²) in [6.45, 7) is 3.36. The molecule has 4 rings (SSSR count). The Morgan fingerprint density at radius 3 is 2.96 bits per heavy atom. The summed E-state index contributed by atoms with van der Waals surface area (Å²) < 4.78 is 1.90. The van der Waals surface area contributed by atoms with Gasteiger partial charge in [-0.15, -0.1) is 0 Å². The van der Waals surface area contributed by atoms with Crippen LogP contribution in [0.25, 0.3) is 0 Å². The zero-order valence-corrected chi connectivity index (χ0v) is 14.9. The van der Waals surface area contributed by atoms with Gasteiger partial charge in [-0.2, -0.15) is 5.10 Å². The lowest BCUT2D eigenvalue weighted by Gasteiger charge is -2.43. The molecule has 0 spiro atoms. The molecule has 1 aliphatic carbocycles. The van der Waals surface area contributed by atoms with Gasteiger partial charge >= 0.3 is 0 Å². The molecule has 1 aromatic carbocycles. The minimum atomic E-state index is 0.0443. The topological polar surface area (TPSA) is 63.1 Å². The van der Waals surface area contributed by atoms with E-state index in [0.29, 0.717) is 19.6 Å². The monoisotopic (exact) mass is 359 g/mol. The summed E-state index contributed by atoms with van der Waals surface area (Å²) in [6.07, 6.45) is 4.97. The molecule has 2 aromatic rings. The van der Waals surface area contributed by atoms with Crippen LogP contribution in [0.15, 0.2) is 30.6 Å². The maximum absolute atomic E-state index is 12.4. The van der Waals surface area contributed by atoms with Crippen LogP contribution in [0.3, 0.4) is 0 Å². The molecule has 1 aromatic heterocycles. The average Bonchev–Trinajstić information content (AvgIpc) is 3.01. The number of rotatable bonds is 5. The van der Waals surface area contributed by atoms with E-state index in [9.17, 15) is 4.79 Å². The second kappa shape index (κ2) is 6.77. The van der Waals surface area contributed by atoms with E-state index in [1.54, 1.807) is 6.33 Å². The third-order valence-corrected chi connectivity index (χ3v) is 5.66. The molecule has 0 unspecified atom stereocenters. The summed E-state index contributed by atoms with van der Waals surface area (Å²) in [5.41, 5.74) is 1.28. The van der Waals surface area contributed by atoms with Crippen molar-refractivity contribution in [3.05, 3.63) is 47.0 Å². The lowest BCUT2D eigenvalue weighted by atomic mass is 9.64. The Morgan fingerprint density at radius 1 is 1.32 bits per heavy atom. The quantitative estimate of drug-likeness (QED) is 0.886. The van der Waals surface area contributed by atoms with Gasteiger partial charge in [-0.05, 0) is 30.5 Å². The van der Waals surface area contributed by atoms with Crippen molar-refractivity contribution in [3.63, 3.8) is 0 Å². The Kier molecular flexibility index (Phi) is 4.48. The lowest BCUT2D eigenvalue weighted by Crippen LogP contribution is -2.48. The molecule has 132 valence electrons. The van der Waals surface area contributed by atoms with E-state index in [1.807, 2.05) is 22.9 Å². The smallest absolute Gasteiger partial charge is 0.234 e. The number of aromatic nitrogens is 3. The molecule has 25 heavy (non-hydrogen) atoms. The zero-order chi connectivity index (χ0) is 17.3. The first-order valence-corrected chi connectivity index (χ1v) is 9.14. The van der Waals surface area contributed by atoms with Gasteiger partial charge in [0.15, 0.2) is 0 Å². The van der Waals surface area contributed by atoms with Crippen LogP contribution in [0.4, 0.5) is 0 Å². The van der Waals surface area contributed by atoms with E-state index in [-0.39, 0.29) is 11.3 Å². The van der Waals surface area contributed by atoms with E-state index in [4.69, 9.17) is 11.6 Å². The Morgan fingerprint density at radius 2 is 2.20 bits per heavy atom. The highest BCUT2D eigenvalue weighted by Gasteiger charge is 2.39. The number of nitrogens with zero attached hydrogens (tertiary/aromatic N) is 4. The van der Waals surface area contributed by atoms with E-state index < -0.39 is 0 Å². The van der Waals surface area contributed by atoms with Crippen LogP contribution in [0.2, 0.25) is 5.02 Å². The molecule has 1 amide bonds. The molecule has 1 N–H and O–H groups in total. The lowest BCUT2D eigenvalue weighted by molar-refractivity contribution is -0.123. The fourth-order valence-corrected chi connectivity index (χ4v) is 3.95. The molecule has 0 atom stereocenters. The van der Waals surface area contributed by atoms with Gasteiger partial charge < -0.3 is 5.32 Å². The molecule has 0 saturated heterocycles. The summed E-state index contributed by atoms with van der Waals surface area (Å²) in [5.74, 6) is 0.995. The highest BCUT2D eigenvalue weighted by atomic mass is 35.5. The third kappa shape index (κ3) is 3.41. The van der Waals surface area contributed by atoms with Crippen LogP contribution < -0.4 is 5.32 Å². The van der Waals surface area contributed by atoms with Crippen LogP contribution >= 0.6 is 11.6 Å². The predicted octanol–water partition coefficient (Wildman–Crippen LogP) is 1.99. The van der Waals surface area contributed by atoms with Gasteiger partial charge in [-0.1, -0.05) is 30.2 Å². The van der Waals surface area contributed by atoms with Crippen molar-refractivity contribution in [3.8, 4) is 0 Å². The third-order valence-electron chi connectivity index (χ3n) is 5.43. The highest BCUT2D eigenvalue weighted by Crippen LogP contribution is 2.43. The second-order valence-electron chi connectivity index (χ2n) is 7.03. The van der Waals surface area contributed by atoms with Crippen LogP contribution in [0.1, 0.15) is 30.7 Å². The molecular formula is C18H22ClN5O. The number of carbonyl (C=O) groups excluding carboxylic acids is 1. The molecule has 1 fully saturated rings. The summed E-state index contributed by atoms with van der Waals surface area (Å²) in [7, 11) is 0. The van der Waals surface area contributed by atoms with Gasteiger partial charge in [0, 0.05) is 23.5 Å². The standard InChI is InChI=1S/C18H22ClN5O/c19-15-4-1-3-14(9-15)18(5-2-6-18)12-20-17(25)11-23-7-8-24-16(10-23)21-13-22-24/h1,3-4,9,13H,2,5-8,10-12H2,(H,20,25). The molecular weight excluding hydrogens is 338 g/mol. The average molecular weight is 360 g/mol. The molecule has 1 aliphatic heterocycles. The molecule has 1 saturated carbocycles. The number of hydrogen-bond donors (Lipinski definition) is 1. The van der Waals surface area contributed by atoms with Gasteiger partial charge in [0.1, 0.15) is 12.2 Å². The number of hydrogen-bond acceptors (Lipinski definition) is 4. The zero-order valence-electron chi connectivity index (χ0n) is 14.1. The van der Waals surface area contributed by atoms with Crippen LogP contribution in [0.5, 0.6) is 0 Å². The Hall–Kier alpha value is -1.92. The minimum Gasteiger partial charge on any atom is -0.354 e. The fraction of sp³-hybridized carbons (Fsp3) is 0.500. The van der Waals surface area contributed by atoms with Crippen LogP contribution in [0, 0.1) is 0 Å². The number of amides is 1. The Labute approximate surface area is 152 Å². The second-order valence-corrected chi connectivity index (χ2v) is 7.47. The predicted molar refractivity (Wildman–Crippen MR) is 95.3 cm³/mol. The normalized spacial score (nSPS) is 19.1. The van der Waals surface area contributed by atoms with Crippen LogP contribution in [-0.2, 0) is 23.3 Å². The van der Waals surface area contributed by atoms with Crippen molar-refractivity contribution in [1.82, 2.24) is 25.0 Å². The first-order chi connectivity index (χ1) is 12.1. The summed E-state index contributed by atoms with van der Waals surface area (Å²) in [4.78, 5) is 18.8. The van der Waals surface area contributed by atoms with Gasteiger partial charge in [-0.3, -0.25) is 9.69 Å². The molecule has 2 heterocycles. The first kappa shape index (κ1) is 16.5. The number of nitrogens with one attached hydrogen (secondary N) is 1. The van der Waals surface area contributed by atoms with Gasteiger partial charge in [0.25, 0.3) is 0 Å². The largest absolute Gasteiger partial charge is 0.354 e. The van der Waals surface area contributed by atoms with Crippen molar-refractivity contribution in [2.45, 2.75) is 37.8 Å². The molecule has 7 heteroatoms. The summed E-state index contributed by atoms with van der Waals surface area (Å²) in [5, 5.41) is 8.06. The van der Waals surface area contributed by atoms with E-state index in [1.165, 1.54) is 12.0 Å². The van der Waals surface area contributed by atoms with Crippen molar-refractivity contribution in [2.24, 2.45) is 0 Å². The number of fused-ring (bicyclic) bond motifs is 1. The van der Waals surface area contributed by atoms with Gasteiger partial charge in [0.2, 0.25) is 5.91 Å². The number of carbonyl (C=O) groups is 1. The van der Waals surface area contributed by atoms with E-state index >= 15 is 0 Å². The van der Waals surface area contributed by atoms with Crippen molar-refractivity contribution in [1.29, 1.82) is 0 Å². The van der Waals surface area contributed by atoms with Crippen molar-refractivity contribution < 1.29 is 4.79 Å². The Bertz CT molecular complexity index is 770. The van der Waals surface area contributed by atoms with Gasteiger partial charge in [-0.25, -0.2) is 9.67 Å². The minimum absolute atomic E-state index is 0.0443. The molecule has 0 radical (unpaired) electrons. The molecule has 2 aliphatic rings. The fourth-order valence-electron chi connectivity index (χ4n) is 3.76. The van der Waals surface area contributed by atoms with Crippen molar-refractivity contribution >= 4 is 17.5 Å². The van der Waals surface area contributed by atoms with Crippen LogP contribution in [-0.4, -0.2) is 45.2 Å². The van der Waals surface area contributed by atoms with E-state index in [2.05, 4.69) is 26.4 Å². The summed E-state index contributed by atoms with van der Waals surface area (Å²) >= 11 is 6.15. The first-order valence-electron chi connectivity index (χ1n) is 8.76. The van der Waals surface area contributed by atoms with E-state index in [0.717, 1.165) is 36.8 Å². The highest BCUT2D eigenvalue weighted by molar-refractivity contribution is 6.30. The maximum Gasteiger partial charge on any atom is 0.234 e. The molecule has 6 nitrogen and oxygen atoms in total. The Balaban J connectivity index is 1.34. The summed E-state index contributed by atoms with van der Waals surface area (Å²) in [6, 6.07) is 8.04.